The summed E-state index contributed by atoms with van der Waals surface area (Å²) in [7, 11) is 1.62. The average Bonchev–Trinajstić information content (AvgIpc) is 3.14. The van der Waals surface area contributed by atoms with E-state index in [4.69, 9.17) is 4.74 Å². The number of hydrogen-bond donors (Lipinski definition) is 2. The SMILES string of the molecule is COc1cccc(C(=O)N[C@H]2C[C@H]3CC[C@@H](C2)N3c2ccc(C(=O)Nc3cccc(C)c3)cn2)c1C. The topological polar surface area (TPSA) is 83.6 Å². The lowest BCUT2D eigenvalue weighted by atomic mass is 9.96. The molecular weight excluding hydrogens is 452 g/mol. The summed E-state index contributed by atoms with van der Waals surface area (Å²) < 4.78 is 5.37. The van der Waals surface area contributed by atoms with Crippen molar-refractivity contribution in [3.8, 4) is 5.75 Å². The van der Waals surface area contributed by atoms with E-state index in [0.717, 1.165) is 54.1 Å². The molecule has 2 aromatic carbocycles. The predicted octanol–water partition coefficient (Wildman–Crippen LogP) is 4.89. The minimum atomic E-state index is -0.170. The molecule has 3 atom stereocenters. The molecule has 0 aliphatic carbocycles. The van der Waals surface area contributed by atoms with Gasteiger partial charge >= 0.3 is 0 Å². The van der Waals surface area contributed by atoms with Crippen LogP contribution in [0.5, 0.6) is 5.75 Å². The van der Waals surface area contributed by atoms with Gasteiger partial charge in [0.1, 0.15) is 11.6 Å². The summed E-state index contributed by atoms with van der Waals surface area (Å²) in [4.78, 5) is 32.7. The second kappa shape index (κ2) is 10.0. The molecule has 3 aromatic rings. The number of carbonyl (C=O) groups is 2. The molecule has 186 valence electrons. The van der Waals surface area contributed by atoms with E-state index in [2.05, 4.69) is 20.5 Å². The van der Waals surface area contributed by atoms with E-state index in [1.165, 1.54) is 0 Å². The zero-order chi connectivity index (χ0) is 25.2. The van der Waals surface area contributed by atoms with Gasteiger partial charge in [0.2, 0.25) is 0 Å². The first-order valence-corrected chi connectivity index (χ1v) is 12.5. The quantitative estimate of drug-likeness (QED) is 0.521. The van der Waals surface area contributed by atoms with E-state index in [-0.39, 0.29) is 17.9 Å². The van der Waals surface area contributed by atoms with Gasteiger partial charge in [-0.15, -0.1) is 0 Å². The molecule has 2 aliphatic rings. The van der Waals surface area contributed by atoms with E-state index in [1.807, 2.05) is 68.4 Å². The third-order valence-electron chi connectivity index (χ3n) is 7.37. The van der Waals surface area contributed by atoms with Gasteiger partial charge < -0.3 is 20.3 Å². The highest BCUT2D eigenvalue weighted by molar-refractivity contribution is 6.04. The lowest BCUT2D eigenvalue weighted by Crippen LogP contribution is -2.50. The summed E-state index contributed by atoms with van der Waals surface area (Å²) in [6.07, 6.45) is 5.56. The molecule has 2 fully saturated rings. The molecule has 2 aliphatic heterocycles. The number of methoxy groups -OCH3 is 1. The number of aromatic nitrogens is 1. The smallest absolute Gasteiger partial charge is 0.257 e. The molecule has 0 radical (unpaired) electrons. The standard InChI is InChI=1S/C29H32N4O3/c1-18-6-4-7-21(14-18)31-28(34)20-10-13-27(30-17-20)33-23-11-12-24(33)16-22(15-23)32-29(35)25-8-5-9-26(36-3)19(25)2/h4-10,13-14,17,22-24H,11-12,15-16H2,1-3H3,(H,31,34)(H,32,35)/t22-,23+,24-. The van der Waals surface area contributed by atoms with Crippen molar-refractivity contribution in [3.63, 3.8) is 0 Å². The predicted molar refractivity (Wildman–Crippen MR) is 141 cm³/mol. The van der Waals surface area contributed by atoms with E-state index in [1.54, 1.807) is 13.3 Å². The molecule has 2 N–H and O–H groups in total. The monoisotopic (exact) mass is 484 g/mol. The van der Waals surface area contributed by atoms with Crippen LogP contribution in [-0.2, 0) is 0 Å². The average molecular weight is 485 g/mol. The highest BCUT2D eigenvalue weighted by Gasteiger charge is 2.42. The molecule has 2 amide bonds. The fraction of sp³-hybridized carbons (Fsp3) is 0.345. The summed E-state index contributed by atoms with van der Waals surface area (Å²) in [5.41, 5.74) is 3.91. The summed E-state index contributed by atoms with van der Waals surface area (Å²) in [6.45, 7) is 3.91. The third kappa shape index (κ3) is 4.78. The molecule has 7 heteroatoms. The number of carbonyl (C=O) groups excluding carboxylic acids is 2. The van der Waals surface area contributed by atoms with Gasteiger partial charge in [0, 0.05) is 41.1 Å². The molecular formula is C29H32N4O3. The van der Waals surface area contributed by atoms with Gasteiger partial charge in [0.25, 0.3) is 11.8 Å². The van der Waals surface area contributed by atoms with Gasteiger partial charge in [-0.05, 0) is 81.5 Å². The molecule has 1 aromatic heterocycles. The Balaban J connectivity index is 1.23. The molecule has 7 nitrogen and oxygen atoms in total. The summed E-state index contributed by atoms with van der Waals surface area (Å²) >= 11 is 0. The zero-order valence-corrected chi connectivity index (χ0v) is 21.0. The number of rotatable bonds is 6. The number of piperidine rings is 1. The van der Waals surface area contributed by atoms with Crippen LogP contribution in [0.25, 0.3) is 0 Å². The van der Waals surface area contributed by atoms with Gasteiger partial charge in [0.15, 0.2) is 0 Å². The number of fused-ring (bicyclic) bond motifs is 2. The molecule has 5 rings (SSSR count). The molecule has 3 heterocycles. The van der Waals surface area contributed by atoms with Crippen LogP contribution >= 0.6 is 0 Å². The van der Waals surface area contributed by atoms with Crippen LogP contribution in [0.3, 0.4) is 0 Å². The van der Waals surface area contributed by atoms with Gasteiger partial charge in [-0.3, -0.25) is 9.59 Å². The minimum absolute atomic E-state index is 0.0497. The van der Waals surface area contributed by atoms with Crippen molar-refractivity contribution in [2.75, 3.05) is 17.3 Å². The first-order valence-electron chi connectivity index (χ1n) is 12.5. The van der Waals surface area contributed by atoms with Crippen LogP contribution in [0.2, 0.25) is 0 Å². The Labute approximate surface area is 211 Å². The first-order chi connectivity index (χ1) is 17.4. The van der Waals surface area contributed by atoms with Crippen LogP contribution in [-0.4, -0.2) is 42.0 Å². The molecule has 2 saturated heterocycles. The van der Waals surface area contributed by atoms with Gasteiger partial charge in [-0.2, -0.15) is 0 Å². The minimum Gasteiger partial charge on any atom is -0.496 e. The maximum Gasteiger partial charge on any atom is 0.257 e. The molecule has 0 unspecified atom stereocenters. The Morgan fingerprint density at radius 3 is 2.39 bits per heavy atom. The normalized spacial score (nSPS) is 20.6. The number of aryl methyl sites for hydroxylation is 1. The van der Waals surface area contributed by atoms with Crippen LogP contribution in [0.1, 0.15) is 57.5 Å². The van der Waals surface area contributed by atoms with E-state index in [0.29, 0.717) is 23.2 Å². The highest BCUT2D eigenvalue weighted by Crippen LogP contribution is 2.38. The van der Waals surface area contributed by atoms with Crippen LogP contribution in [0.15, 0.2) is 60.8 Å². The number of benzene rings is 2. The van der Waals surface area contributed by atoms with Crippen molar-refractivity contribution in [1.82, 2.24) is 10.3 Å². The van der Waals surface area contributed by atoms with Crippen LogP contribution in [0, 0.1) is 13.8 Å². The number of pyridine rings is 1. The van der Waals surface area contributed by atoms with Crippen LogP contribution < -0.4 is 20.3 Å². The van der Waals surface area contributed by atoms with Crippen molar-refractivity contribution < 1.29 is 14.3 Å². The Hall–Kier alpha value is -3.87. The Kier molecular flexibility index (Phi) is 6.63. The third-order valence-corrected chi connectivity index (χ3v) is 7.37. The molecule has 0 spiro atoms. The van der Waals surface area contributed by atoms with Crippen LogP contribution in [0.4, 0.5) is 11.5 Å². The first kappa shape index (κ1) is 23.9. The van der Waals surface area contributed by atoms with E-state index in [9.17, 15) is 9.59 Å². The molecule has 2 bridgehead atoms. The van der Waals surface area contributed by atoms with Crippen molar-refractivity contribution in [3.05, 3.63) is 83.0 Å². The maximum absolute atomic E-state index is 13.0. The number of anilines is 2. The van der Waals surface area contributed by atoms with Crippen molar-refractivity contribution in [2.45, 2.75) is 57.7 Å². The highest BCUT2D eigenvalue weighted by atomic mass is 16.5. The lowest BCUT2D eigenvalue weighted by Gasteiger charge is -2.40. The zero-order valence-electron chi connectivity index (χ0n) is 21.0. The Morgan fingerprint density at radius 1 is 0.972 bits per heavy atom. The summed E-state index contributed by atoms with van der Waals surface area (Å²) in [5, 5.41) is 6.19. The van der Waals surface area contributed by atoms with Crippen molar-refractivity contribution in [2.24, 2.45) is 0 Å². The lowest BCUT2D eigenvalue weighted by molar-refractivity contribution is 0.0925. The van der Waals surface area contributed by atoms with E-state index < -0.39 is 0 Å². The van der Waals surface area contributed by atoms with Gasteiger partial charge in [-0.1, -0.05) is 18.2 Å². The van der Waals surface area contributed by atoms with Gasteiger partial charge in [0.05, 0.1) is 12.7 Å². The number of nitrogens with one attached hydrogen (secondary N) is 2. The van der Waals surface area contributed by atoms with Crippen molar-refractivity contribution in [1.29, 1.82) is 0 Å². The number of amides is 2. The summed E-state index contributed by atoms with van der Waals surface area (Å²) in [6, 6.07) is 17.8. The van der Waals surface area contributed by atoms with E-state index >= 15 is 0 Å². The molecule has 36 heavy (non-hydrogen) atoms. The second-order valence-corrected chi connectivity index (χ2v) is 9.80. The maximum atomic E-state index is 13.0. The van der Waals surface area contributed by atoms with Crippen molar-refractivity contribution >= 4 is 23.3 Å². The fourth-order valence-electron chi connectivity index (χ4n) is 5.61. The Bertz CT molecular complexity index is 1260. The number of ether oxygens (including phenoxy) is 1. The fourth-order valence-corrected chi connectivity index (χ4v) is 5.61. The Morgan fingerprint density at radius 2 is 1.72 bits per heavy atom. The largest absolute Gasteiger partial charge is 0.496 e. The molecule has 0 saturated carbocycles. The second-order valence-electron chi connectivity index (χ2n) is 9.80. The number of hydrogen-bond acceptors (Lipinski definition) is 5. The summed E-state index contributed by atoms with van der Waals surface area (Å²) in [5.74, 6) is 1.39. The van der Waals surface area contributed by atoms with Gasteiger partial charge in [-0.25, -0.2) is 4.98 Å². The number of nitrogens with zero attached hydrogens (tertiary/aromatic N) is 2.